The molecule has 0 aliphatic rings. The molecular formula is C15H17ClN2O. The van der Waals surface area contributed by atoms with E-state index in [4.69, 9.17) is 16.3 Å². The first-order chi connectivity index (χ1) is 9.26. The second kappa shape index (κ2) is 6.53. The first-order valence-corrected chi connectivity index (χ1v) is 6.86. The summed E-state index contributed by atoms with van der Waals surface area (Å²) >= 11 is 6.16. The van der Waals surface area contributed by atoms with Gasteiger partial charge in [-0.15, -0.1) is 0 Å². The molecule has 100 valence electrons. The van der Waals surface area contributed by atoms with Crippen molar-refractivity contribution in [1.82, 2.24) is 9.97 Å². The number of ether oxygens (including phenoxy) is 1. The van der Waals surface area contributed by atoms with Crippen molar-refractivity contribution >= 4 is 11.6 Å². The van der Waals surface area contributed by atoms with E-state index >= 15 is 0 Å². The molecule has 1 aromatic carbocycles. The van der Waals surface area contributed by atoms with Gasteiger partial charge in [0.2, 0.25) is 0 Å². The van der Waals surface area contributed by atoms with Gasteiger partial charge >= 0.3 is 0 Å². The van der Waals surface area contributed by atoms with Crippen LogP contribution in [0.25, 0.3) is 11.3 Å². The second-order valence-electron chi connectivity index (χ2n) is 4.20. The molecule has 0 unspecified atom stereocenters. The first-order valence-electron chi connectivity index (χ1n) is 6.48. The lowest BCUT2D eigenvalue weighted by molar-refractivity contribution is 0.340. The summed E-state index contributed by atoms with van der Waals surface area (Å²) in [6.07, 6.45) is 3.40. The van der Waals surface area contributed by atoms with Crippen molar-refractivity contribution in [3.8, 4) is 17.0 Å². The lowest BCUT2D eigenvalue weighted by atomic mass is 10.0. The van der Waals surface area contributed by atoms with E-state index in [0.29, 0.717) is 11.8 Å². The Hall–Kier alpha value is -1.61. The van der Waals surface area contributed by atoms with Crippen molar-refractivity contribution in [2.45, 2.75) is 26.7 Å². The number of nitrogens with zero attached hydrogens (tertiary/aromatic N) is 2. The van der Waals surface area contributed by atoms with Crippen molar-refractivity contribution in [3.63, 3.8) is 0 Å². The molecule has 0 aliphatic heterocycles. The maximum atomic E-state index is 6.16. The normalized spacial score (nSPS) is 10.5. The van der Waals surface area contributed by atoms with Gasteiger partial charge in [0, 0.05) is 11.1 Å². The van der Waals surface area contributed by atoms with Crippen LogP contribution in [0.5, 0.6) is 5.75 Å². The molecule has 0 radical (unpaired) electrons. The van der Waals surface area contributed by atoms with Gasteiger partial charge in [-0.1, -0.05) is 24.9 Å². The van der Waals surface area contributed by atoms with Gasteiger partial charge < -0.3 is 4.74 Å². The number of hydrogen-bond acceptors (Lipinski definition) is 3. The minimum absolute atomic E-state index is 0.542. The summed E-state index contributed by atoms with van der Waals surface area (Å²) in [6.45, 7) is 4.75. The van der Waals surface area contributed by atoms with Crippen molar-refractivity contribution in [2.24, 2.45) is 0 Å². The van der Waals surface area contributed by atoms with E-state index in [1.807, 2.05) is 31.2 Å². The Morgan fingerprint density at radius 3 is 2.47 bits per heavy atom. The SMILES string of the molecule is CCCc1c(Cl)ncnc1-c1ccc(OCC)cc1. The molecule has 0 amide bonds. The Balaban J connectivity index is 2.38. The summed E-state index contributed by atoms with van der Waals surface area (Å²) in [6, 6.07) is 7.90. The van der Waals surface area contributed by atoms with Gasteiger partial charge in [0.15, 0.2) is 0 Å². The van der Waals surface area contributed by atoms with Crippen LogP contribution in [0, 0.1) is 0 Å². The summed E-state index contributed by atoms with van der Waals surface area (Å²) in [4.78, 5) is 8.43. The van der Waals surface area contributed by atoms with E-state index in [2.05, 4.69) is 16.9 Å². The number of halogens is 1. The van der Waals surface area contributed by atoms with Crippen molar-refractivity contribution < 1.29 is 4.74 Å². The molecule has 19 heavy (non-hydrogen) atoms. The number of rotatable bonds is 5. The monoisotopic (exact) mass is 276 g/mol. The summed E-state index contributed by atoms with van der Waals surface area (Å²) in [7, 11) is 0. The fourth-order valence-corrected chi connectivity index (χ4v) is 2.21. The van der Waals surface area contributed by atoms with E-state index < -0.39 is 0 Å². The van der Waals surface area contributed by atoms with Gasteiger partial charge in [-0.2, -0.15) is 0 Å². The summed E-state index contributed by atoms with van der Waals surface area (Å²) < 4.78 is 5.44. The van der Waals surface area contributed by atoms with Gasteiger partial charge in [-0.25, -0.2) is 9.97 Å². The zero-order chi connectivity index (χ0) is 13.7. The molecule has 1 aromatic heterocycles. The first kappa shape index (κ1) is 13.8. The molecule has 0 N–H and O–H groups in total. The van der Waals surface area contributed by atoms with Crippen LogP contribution < -0.4 is 4.74 Å². The summed E-state index contributed by atoms with van der Waals surface area (Å²) in [5.74, 6) is 0.864. The Kier molecular flexibility index (Phi) is 4.74. The molecule has 0 saturated heterocycles. The van der Waals surface area contributed by atoms with E-state index in [1.165, 1.54) is 6.33 Å². The van der Waals surface area contributed by atoms with Crippen LogP contribution in [0.15, 0.2) is 30.6 Å². The molecular weight excluding hydrogens is 260 g/mol. The van der Waals surface area contributed by atoms with E-state index in [1.54, 1.807) is 0 Å². The third-order valence-electron chi connectivity index (χ3n) is 2.83. The van der Waals surface area contributed by atoms with Gasteiger partial charge in [-0.3, -0.25) is 0 Å². The number of aromatic nitrogens is 2. The fraction of sp³-hybridized carbons (Fsp3) is 0.333. The Morgan fingerprint density at radius 2 is 1.84 bits per heavy atom. The number of hydrogen-bond donors (Lipinski definition) is 0. The van der Waals surface area contributed by atoms with Crippen LogP contribution in [0.3, 0.4) is 0 Å². The molecule has 0 atom stereocenters. The topological polar surface area (TPSA) is 35.0 Å². The highest BCUT2D eigenvalue weighted by molar-refractivity contribution is 6.30. The van der Waals surface area contributed by atoms with Crippen molar-refractivity contribution in [2.75, 3.05) is 6.61 Å². The molecule has 0 saturated carbocycles. The molecule has 2 rings (SSSR count). The van der Waals surface area contributed by atoms with Crippen molar-refractivity contribution in [1.29, 1.82) is 0 Å². The zero-order valence-electron chi connectivity index (χ0n) is 11.2. The molecule has 3 nitrogen and oxygen atoms in total. The van der Waals surface area contributed by atoms with Crippen LogP contribution in [0.2, 0.25) is 5.15 Å². The average molecular weight is 277 g/mol. The maximum absolute atomic E-state index is 6.16. The number of benzene rings is 1. The third-order valence-corrected chi connectivity index (χ3v) is 3.16. The second-order valence-corrected chi connectivity index (χ2v) is 4.56. The van der Waals surface area contributed by atoms with Crippen LogP contribution in [0.4, 0.5) is 0 Å². The predicted octanol–water partition coefficient (Wildman–Crippen LogP) is 4.15. The third kappa shape index (κ3) is 3.24. The Labute approximate surface area is 118 Å². The van der Waals surface area contributed by atoms with Crippen LogP contribution in [-0.2, 0) is 6.42 Å². The van der Waals surface area contributed by atoms with Gasteiger partial charge in [-0.05, 0) is 37.6 Å². The van der Waals surface area contributed by atoms with Gasteiger partial charge in [0.05, 0.1) is 12.3 Å². The fourth-order valence-electron chi connectivity index (χ4n) is 1.99. The summed E-state index contributed by atoms with van der Waals surface area (Å²) in [5.41, 5.74) is 2.96. The van der Waals surface area contributed by atoms with E-state index in [0.717, 1.165) is 35.4 Å². The highest BCUT2D eigenvalue weighted by Gasteiger charge is 2.11. The molecule has 2 aromatic rings. The molecule has 4 heteroatoms. The Bertz CT molecular complexity index is 540. The quantitative estimate of drug-likeness (QED) is 0.770. The highest BCUT2D eigenvalue weighted by Crippen LogP contribution is 2.28. The lowest BCUT2D eigenvalue weighted by Gasteiger charge is -2.10. The van der Waals surface area contributed by atoms with Crippen molar-refractivity contribution in [3.05, 3.63) is 41.3 Å². The molecule has 0 spiro atoms. The molecule has 0 aliphatic carbocycles. The predicted molar refractivity (Wildman–Crippen MR) is 77.6 cm³/mol. The largest absolute Gasteiger partial charge is 0.494 e. The molecule has 0 bridgehead atoms. The molecule has 1 heterocycles. The maximum Gasteiger partial charge on any atom is 0.136 e. The average Bonchev–Trinajstić information content (AvgIpc) is 2.43. The highest BCUT2D eigenvalue weighted by atomic mass is 35.5. The molecule has 0 fully saturated rings. The standard InChI is InChI=1S/C15H17ClN2O/c1-3-5-13-14(17-10-18-15(13)16)11-6-8-12(9-7-11)19-4-2/h6-10H,3-5H2,1-2H3. The minimum Gasteiger partial charge on any atom is -0.494 e. The lowest BCUT2D eigenvalue weighted by Crippen LogP contribution is -1.97. The smallest absolute Gasteiger partial charge is 0.136 e. The van der Waals surface area contributed by atoms with Crippen LogP contribution in [0.1, 0.15) is 25.8 Å². The van der Waals surface area contributed by atoms with E-state index in [9.17, 15) is 0 Å². The summed E-state index contributed by atoms with van der Waals surface area (Å²) in [5, 5.41) is 0.542. The van der Waals surface area contributed by atoms with Crippen LogP contribution >= 0.6 is 11.6 Å². The zero-order valence-corrected chi connectivity index (χ0v) is 11.9. The van der Waals surface area contributed by atoms with Gasteiger partial charge in [0.25, 0.3) is 0 Å². The minimum atomic E-state index is 0.542. The van der Waals surface area contributed by atoms with Gasteiger partial charge in [0.1, 0.15) is 17.2 Å². The Morgan fingerprint density at radius 1 is 1.11 bits per heavy atom. The van der Waals surface area contributed by atoms with E-state index in [-0.39, 0.29) is 0 Å². The van der Waals surface area contributed by atoms with Crippen LogP contribution in [-0.4, -0.2) is 16.6 Å².